The molecule has 0 bridgehead atoms. The number of hydrogen-bond donors (Lipinski definition) is 3. The Morgan fingerprint density at radius 1 is 1.17 bits per heavy atom. The number of rotatable bonds is 7. The molecule has 0 spiro atoms. The van der Waals surface area contributed by atoms with Crippen molar-refractivity contribution in [1.29, 1.82) is 0 Å². The molecular formula is C8H17NO2S. The summed E-state index contributed by atoms with van der Waals surface area (Å²) in [5.74, 6) is 0.654. The highest BCUT2D eigenvalue weighted by atomic mass is 32.1. The van der Waals surface area contributed by atoms with Gasteiger partial charge in [0, 0.05) is 6.42 Å². The average Bonchev–Trinajstić information content (AvgIpc) is 2.10. The van der Waals surface area contributed by atoms with Crippen molar-refractivity contribution in [3.63, 3.8) is 0 Å². The molecule has 0 saturated heterocycles. The summed E-state index contributed by atoms with van der Waals surface area (Å²) in [5, 5.41) is 8.17. The molecule has 3 nitrogen and oxygen atoms in total. The van der Waals surface area contributed by atoms with Crippen LogP contribution in [0.3, 0.4) is 0 Å². The SMILES string of the molecule is O=C(CCCCCCCS)NO. The largest absolute Gasteiger partial charge is 0.289 e. The van der Waals surface area contributed by atoms with E-state index in [4.69, 9.17) is 5.21 Å². The minimum absolute atomic E-state index is 0.288. The van der Waals surface area contributed by atoms with E-state index in [0.29, 0.717) is 6.42 Å². The molecule has 72 valence electrons. The predicted octanol–water partition coefficient (Wildman–Crippen LogP) is 1.76. The summed E-state index contributed by atoms with van der Waals surface area (Å²) >= 11 is 4.10. The first kappa shape index (κ1) is 11.8. The second kappa shape index (κ2) is 8.87. The normalized spacial score (nSPS) is 9.83. The number of carbonyl (C=O) groups is 1. The van der Waals surface area contributed by atoms with Crippen LogP contribution in [-0.4, -0.2) is 16.9 Å². The Balaban J connectivity index is 2.95. The van der Waals surface area contributed by atoms with Crippen molar-refractivity contribution in [3.8, 4) is 0 Å². The molecule has 0 aromatic rings. The number of carbonyl (C=O) groups excluding carboxylic acids is 1. The van der Waals surface area contributed by atoms with Gasteiger partial charge in [-0.1, -0.05) is 19.3 Å². The molecule has 0 atom stereocenters. The van der Waals surface area contributed by atoms with Gasteiger partial charge < -0.3 is 0 Å². The molecule has 0 saturated carbocycles. The summed E-state index contributed by atoms with van der Waals surface area (Å²) in [6.07, 6.45) is 5.83. The van der Waals surface area contributed by atoms with Gasteiger partial charge in [0.05, 0.1) is 0 Å². The van der Waals surface area contributed by atoms with E-state index in [1.807, 2.05) is 0 Å². The monoisotopic (exact) mass is 191 g/mol. The lowest BCUT2D eigenvalue weighted by Crippen LogP contribution is -2.17. The van der Waals surface area contributed by atoms with E-state index in [1.165, 1.54) is 6.42 Å². The van der Waals surface area contributed by atoms with Crippen molar-refractivity contribution >= 4 is 18.5 Å². The Morgan fingerprint density at radius 3 is 2.33 bits per heavy atom. The minimum atomic E-state index is -0.288. The van der Waals surface area contributed by atoms with Gasteiger partial charge in [-0.05, 0) is 18.6 Å². The van der Waals surface area contributed by atoms with E-state index in [1.54, 1.807) is 5.48 Å². The summed E-state index contributed by atoms with van der Waals surface area (Å²) < 4.78 is 0. The van der Waals surface area contributed by atoms with Gasteiger partial charge in [-0.25, -0.2) is 5.48 Å². The zero-order chi connectivity index (χ0) is 9.23. The summed E-state index contributed by atoms with van der Waals surface area (Å²) in [4.78, 5) is 10.5. The maximum absolute atomic E-state index is 10.5. The first-order valence-corrected chi connectivity index (χ1v) is 4.98. The molecule has 0 rings (SSSR count). The lowest BCUT2D eigenvalue weighted by atomic mass is 10.1. The third-order valence-corrected chi connectivity index (χ3v) is 2.00. The smallest absolute Gasteiger partial charge is 0.243 e. The maximum Gasteiger partial charge on any atom is 0.243 e. The number of hydroxylamine groups is 1. The van der Waals surface area contributed by atoms with Gasteiger partial charge in [0.2, 0.25) is 5.91 Å². The molecule has 4 heteroatoms. The van der Waals surface area contributed by atoms with Crippen molar-refractivity contribution in [2.75, 3.05) is 5.75 Å². The molecule has 0 fully saturated rings. The first-order chi connectivity index (χ1) is 5.81. The fraction of sp³-hybridized carbons (Fsp3) is 0.875. The third-order valence-electron chi connectivity index (χ3n) is 1.69. The maximum atomic E-state index is 10.5. The fourth-order valence-corrected chi connectivity index (χ4v) is 1.21. The summed E-state index contributed by atoms with van der Waals surface area (Å²) in [5.41, 5.74) is 1.62. The van der Waals surface area contributed by atoms with E-state index in [2.05, 4.69) is 12.6 Å². The zero-order valence-corrected chi connectivity index (χ0v) is 8.15. The molecular weight excluding hydrogens is 174 g/mol. The Bertz CT molecular complexity index is 120. The highest BCUT2D eigenvalue weighted by molar-refractivity contribution is 7.80. The number of hydrogen-bond acceptors (Lipinski definition) is 3. The lowest BCUT2D eigenvalue weighted by molar-refractivity contribution is -0.129. The number of thiol groups is 1. The predicted molar refractivity (Wildman–Crippen MR) is 51.5 cm³/mol. The van der Waals surface area contributed by atoms with Crippen molar-refractivity contribution in [3.05, 3.63) is 0 Å². The third kappa shape index (κ3) is 7.88. The van der Waals surface area contributed by atoms with Gasteiger partial charge in [0.25, 0.3) is 0 Å². The topological polar surface area (TPSA) is 49.3 Å². The number of amides is 1. The Hall–Kier alpha value is -0.220. The molecule has 0 unspecified atom stereocenters. The Morgan fingerprint density at radius 2 is 1.75 bits per heavy atom. The van der Waals surface area contributed by atoms with Crippen LogP contribution < -0.4 is 5.48 Å². The van der Waals surface area contributed by atoms with Crippen LogP contribution in [0.4, 0.5) is 0 Å². The van der Waals surface area contributed by atoms with Crippen molar-refractivity contribution in [2.24, 2.45) is 0 Å². The van der Waals surface area contributed by atoms with Crippen LogP contribution in [0, 0.1) is 0 Å². The lowest BCUT2D eigenvalue weighted by Gasteiger charge is -1.99. The van der Waals surface area contributed by atoms with E-state index >= 15 is 0 Å². The van der Waals surface area contributed by atoms with E-state index in [-0.39, 0.29) is 5.91 Å². The van der Waals surface area contributed by atoms with Crippen LogP contribution in [0.15, 0.2) is 0 Å². The highest BCUT2D eigenvalue weighted by Crippen LogP contribution is 2.05. The standard InChI is InChI=1S/C8H17NO2S/c10-8(9-11)6-4-2-1-3-5-7-12/h11-12H,1-7H2,(H,9,10). The average molecular weight is 191 g/mol. The van der Waals surface area contributed by atoms with Crippen LogP contribution in [0.25, 0.3) is 0 Å². The Kier molecular flexibility index (Phi) is 8.71. The quantitative estimate of drug-likeness (QED) is 0.248. The molecule has 0 aliphatic rings. The van der Waals surface area contributed by atoms with Crippen molar-refractivity contribution in [1.82, 2.24) is 5.48 Å². The molecule has 2 N–H and O–H groups in total. The van der Waals surface area contributed by atoms with E-state index in [0.717, 1.165) is 31.4 Å². The van der Waals surface area contributed by atoms with Crippen LogP contribution in [0.5, 0.6) is 0 Å². The molecule has 0 aromatic carbocycles. The number of unbranched alkanes of at least 4 members (excludes halogenated alkanes) is 4. The number of nitrogens with one attached hydrogen (secondary N) is 1. The van der Waals surface area contributed by atoms with Gasteiger partial charge >= 0.3 is 0 Å². The van der Waals surface area contributed by atoms with Gasteiger partial charge in [-0.2, -0.15) is 12.6 Å². The molecule has 0 aliphatic carbocycles. The summed E-state index contributed by atoms with van der Waals surface area (Å²) in [6.45, 7) is 0. The van der Waals surface area contributed by atoms with Gasteiger partial charge in [0.1, 0.15) is 0 Å². The van der Waals surface area contributed by atoms with Gasteiger partial charge in [0.15, 0.2) is 0 Å². The fourth-order valence-electron chi connectivity index (χ4n) is 0.984. The molecule has 1 amide bonds. The summed E-state index contributed by atoms with van der Waals surface area (Å²) in [7, 11) is 0. The van der Waals surface area contributed by atoms with Crippen LogP contribution >= 0.6 is 12.6 Å². The van der Waals surface area contributed by atoms with Gasteiger partial charge in [-0.15, -0.1) is 0 Å². The summed E-state index contributed by atoms with van der Waals surface area (Å²) in [6, 6.07) is 0. The molecule has 0 radical (unpaired) electrons. The van der Waals surface area contributed by atoms with Crippen molar-refractivity contribution < 1.29 is 10.0 Å². The van der Waals surface area contributed by atoms with Crippen molar-refractivity contribution in [2.45, 2.75) is 38.5 Å². The Labute approximate surface area is 78.9 Å². The molecule has 0 aliphatic heterocycles. The second-order valence-corrected chi connectivity index (χ2v) is 3.22. The highest BCUT2D eigenvalue weighted by Gasteiger charge is 1.97. The molecule has 0 aromatic heterocycles. The van der Waals surface area contributed by atoms with Gasteiger partial charge in [-0.3, -0.25) is 10.0 Å². The first-order valence-electron chi connectivity index (χ1n) is 4.35. The van der Waals surface area contributed by atoms with Crippen LogP contribution in [-0.2, 0) is 4.79 Å². The molecule has 12 heavy (non-hydrogen) atoms. The van der Waals surface area contributed by atoms with Crippen LogP contribution in [0.1, 0.15) is 38.5 Å². The van der Waals surface area contributed by atoms with E-state index < -0.39 is 0 Å². The molecule has 0 heterocycles. The van der Waals surface area contributed by atoms with E-state index in [9.17, 15) is 4.79 Å². The zero-order valence-electron chi connectivity index (χ0n) is 7.25. The van der Waals surface area contributed by atoms with Crippen LogP contribution in [0.2, 0.25) is 0 Å². The minimum Gasteiger partial charge on any atom is -0.289 e. The second-order valence-electron chi connectivity index (χ2n) is 2.78.